The summed E-state index contributed by atoms with van der Waals surface area (Å²) in [7, 11) is 0. The maximum absolute atomic E-state index is 12.6. The van der Waals surface area contributed by atoms with Gasteiger partial charge in [0.25, 0.3) is 0 Å². The molecule has 2 nitrogen and oxygen atoms in total. The van der Waals surface area contributed by atoms with Crippen molar-refractivity contribution in [3.05, 3.63) is 64.7 Å². The third-order valence-electron chi connectivity index (χ3n) is 4.93. The van der Waals surface area contributed by atoms with Crippen LogP contribution in [-0.2, 0) is 17.6 Å². The number of thioether (sulfide) groups is 1. The zero-order valence-corrected chi connectivity index (χ0v) is 16.2. The molecule has 0 aliphatic heterocycles. The van der Waals surface area contributed by atoms with Gasteiger partial charge in [-0.25, -0.2) is 0 Å². The molecule has 2 aromatic rings. The van der Waals surface area contributed by atoms with Crippen molar-refractivity contribution in [1.29, 1.82) is 0 Å². The van der Waals surface area contributed by atoms with Gasteiger partial charge in [0, 0.05) is 4.90 Å². The molecule has 1 aliphatic rings. The van der Waals surface area contributed by atoms with Gasteiger partial charge in [-0.3, -0.25) is 4.79 Å². The van der Waals surface area contributed by atoms with E-state index in [0.29, 0.717) is 0 Å². The lowest BCUT2D eigenvalue weighted by Gasteiger charge is -2.21. The van der Waals surface area contributed by atoms with Crippen LogP contribution in [0.25, 0.3) is 0 Å². The maximum atomic E-state index is 12.6. The smallest absolute Gasteiger partial charge is 0.233 e. The second kappa shape index (κ2) is 8.09. The number of carbonyl (C=O) groups is 1. The SMILES string of the molecule is Cc1ccc(S[C@@H](C)C(=O)N[C@@H](C)c2ccc3c(c2)CCCC3)cc1. The molecule has 0 radical (unpaired) electrons. The van der Waals surface area contributed by atoms with Gasteiger partial charge in [0.1, 0.15) is 0 Å². The molecule has 0 saturated heterocycles. The van der Waals surface area contributed by atoms with E-state index in [4.69, 9.17) is 0 Å². The second-order valence-electron chi connectivity index (χ2n) is 7.04. The number of benzene rings is 2. The van der Waals surface area contributed by atoms with E-state index in [1.54, 1.807) is 11.8 Å². The van der Waals surface area contributed by atoms with Gasteiger partial charge in [0.2, 0.25) is 5.91 Å². The summed E-state index contributed by atoms with van der Waals surface area (Å²) in [6.07, 6.45) is 4.94. The van der Waals surface area contributed by atoms with Gasteiger partial charge in [-0.2, -0.15) is 0 Å². The Morgan fingerprint density at radius 3 is 2.40 bits per heavy atom. The number of hydrogen-bond donors (Lipinski definition) is 1. The van der Waals surface area contributed by atoms with Crippen molar-refractivity contribution in [3.8, 4) is 0 Å². The van der Waals surface area contributed by atoms with Crippen LogP contribution in [-0.4, -0.2) is 11.2 Å². The fourth-order valence-electron chi connectivity index (χ4n) is 3.31. The molecule has 1 N–H and O–H groups in total. The third kappa shape index (κ3) is 4.66. The molecule has 2 aromatic carbocycles. The van der Waals surface area contributed by atoms with Crippen LogP contribution in [0.5, 0.6) is 0 Å². The minimum atomic E-state index is -0.109. The Balaban J connectivity index is 1.60. The maximum Gasteiger partial charge on any atom is 0.233 e. The molecular formula is C22H27NOS. The molecule has 132 valence electrons. The first-order valence-corrected chi connectivity index (χ1v) is 10.1. The molecule has 25 heavy (non-hydrogen) atoms. The average molecular weight is 354 g/mol. The highest BCUT2D eigenvalue weighted by Gasteiger charge is 2.18. The summed E-state index contributed by atoms with van der Waals surface area (Å²) >= 11 is 1.61. The highest BCUT2D eigenvalue weighted by atomic mass is 32.2. The van der Waals surface area contributed by atoms with Crippen molar-refractivity contribution >= 4 is 17.7 Å². The number of aryl methyl sites for hydroxylation is 3. The van der Waals surface area contributed by atoms with E-state index < -0.39 is 0 Å². The second-order valence-corrected chi connectivity index (χ2v) is 8.45. The number of amides is 1. The lowest BCUT2D eigenvalue weighted by Crippen LogP contribution is -2.33. The predicted molar refractivity (Wildman–Crippen MR) is 106 cm³/mol. The summed E-state index contributed by atoms with van der Waals surface area (Å²) in [5.74, 6) is 0.0933. The molecule has 0 saturated carbocycles. The summed E-state index contributed by atoms with van der Waals surface area (Å²) in [4.78, 5) is 13.7. The molecule has 1 aliphatic carbocycles. The number of carbonyl (C=O) groups excluding carboxylic acids is 1. The van der Waals surface area contributed by atoms with Crippen LogP contribution >= 0.6 is 11.8 Å². The van der Waals surface area contributed by atoms with E-state index in [1.165, 1.54) is 47.9 Å². The molecule has 0 spiro atoms. The van der Waals surface area contributed by atoms with Crippen molar-refractivity contribution in [2.24, 2.45) is 0 Å². The van der Waals surface area contributed by atoms with Gasteiger partial charge in [0.15, 0.2) is 0 Å². The zero-order valence-electron chi connectivity index (χ0n) is 15.3. The quantitative estimate of drug-likeness (QED) is 0.746. The van der Waals surface area contributed by atoms with Gasteiger partial charge < -0.3 is 5.32 Å². The minimum absolute atomic E-state index is 0.0424. The lowest BCUT2D eigenvalue weighted by atomic mass is 9.89. The van der Waals surface area contributed by atoms with E-state index in [-0.39, 0.29) is 17.2 Å². The Hall–Kier alpha value is -1.74. The Morgan fingerprint density at radius 1 is 1.00 bits per heavy atom. The van der Waals surface area contributed by atoms with Crippen LogP contribution in [0.15, 0.2) is 47.4 Å². The first-order valence-electron chi connectivity index (χ1n) is 9.18. The Kier molecular flexibility index (Phi) is 5.85. The van der Waals surface area contributed by atoms with Crippen LogP contribution < -0.4 is 5.32 Å². The lowest BCUT2D eigenvalue weighted by molar-refractivity contribution is -0.120. The monoisotopic (exact) mass is 353 g/mol. The molecule has 3 rings (SSSR count). The summed E-state index contributed by atoms with van der Waals surface area (Å²) in [5.41, 5.74) is 5.40. The molecule has 0 fully saturated rings. The number of rotatable bonds is 5. The van der Waals surface area contributed by atoms with E-state index in [2.05, 4.69) is 61.6 Å². The van der Waals surface area contributed by atoms with Crippen LogP contribution in [0, 0.1) is 6.92 Å². The minimum Gasteiger partial charge on any atom is -0.349 e. The fourth-order valence-corrected chi connectivity index (χ4v) is 4.19. The largest absolute Gasteiger partial charge is 0.349 e. The molecule has 0 bridgehead atoms. The van der Waals surface area contributed by atoms with Crippen LogP contribution in [0.3, 0.4) is 0 Å². The van der Waals surface area contributed by atoms with Crippen molar-refractivity contribution < 1.29 is 4.79 Å². The zero-order chi connectivity index (χ0) is 17.8. The Labute approximate surface area is 155 Å². The van der Waals surface area contributed by atoms with Gasteiger partial charge in [0.05, 0.1) is 11.3 Å². The van der Waals surface area contributed by atoms with E-state index in [0.717, 1.165) is 4.90 Å². The number of hydrogen-bond acceptors (Lipinski definition) is 2. The van der Waals surface area contributed by atoms with Crippen LogP contribution in [0.4, 0.5) is 0 Å². The Bertz CT molecular complexity index is 738. The van der Waals surface area contributed by atoms with Crippen molar-refractivity contribution in [3.63, 3.8) is 0 Å². The number of nitrogens with one attached hydrogen (secondary N) is 1. The number of fused-ring (bicyclic) bond motifs is 1. The van der Waals surface area contributed by atoms with Crippen molar-refractivity contribution in [2.45, 2.75) is 62.6 Å². The van der Waals surface area contributed by atoms with Gasteiger partial charge in [-0.05, 0) is 75.3 Å². The Morgan fingerprint density at radius 2 is 1.68 bits per heavy atom. The van der Waals surface area contributed by atoms with Crippen LogP contribution in [0.2, 0.25) is 0 Å². The summed E-state index contributed by atoms with van der Waals surface area (Å²) < 4.78 is 0. The van der Waals surface area contributed by atoms with Crippen molar-refractivity contribution in [2.75, 3.05) is 0 Å². The summed E-state index contributed by atoms with van der Waals surface area (Å²) in [5, 5.41) is 3.07. The van der Waals surface area contributed by atoms with E-state index in [1.807, 2.05) is 6.92 Å². The molecule has 2 atom stereocenters. The highest BCUT2D eigenvalue weighted by molar-refractivity contribution is 8.00. The van der Waals surface area contributed by atoms with E-state index >= 15 is 0 Å². The summed E-state index contributed by atoms with van der Waals surface area (Å²) in [6, 6.07) is 15.1. The molecular weight excluding hydrogens is 326 g/mol. The normalized spacial score (nSPS) is 16.0. The molecule has 0 heterocycles. The predicted octanol–water partition coefficient (Wildman–Crippen LogP) is 5.23. The van der Waals surface area contributed by atoms with Gasteiger partial charge in [-0.15, -0.1) is 11.8 Å². The highest BCUT2D eigenvalue weighted by Crippen LogP contribution is 2.26. The van der Waals surface area contributed by atoms with E-state index in [9.17, 15) is 4.79 Å². The van der Waals surface area contributed by atoms with Crippen LogP contribution in [0.1, 0.15) is 55.0 Å². The third-order valence-corrected chi connectivity index (χ3v) is 6.05. The molecule has 0 aromatic heterocycles. The fraction of sp³-hybridized carbons (Fsp3) is 0.409. The first-order chi connectivity index (χ1) is 12.0. The molecule has 0 unspecified atom stereocenters. The summed E-state index contributed by atoms with van der Waals surface area (Å²) in [6.45, 7) is 6.12. The first kappa shape index (κ1) is 18.1. The van der Waals surface area contributed by atoms with Gasteiger partial charge >= 0.3 is 0 Å². The standard InChI is InChI=1S/C22H27NOS/c1-15-8-12-21(13-9-15)25-17(3)22(24)23-16(2)19-11-10-18-6-4-5-7-20(18)14-19/h8-14,16-17H,4-7H2,1-3H3,(H,23,24)/t16-,17-/m0/s1. The van der Waals surface area contributed by atoms with Gasteiger partial charge in [-0.1, -0.05) is 35.9 Å². The molecule has 3 heteroatoms. The van der Waals surface area contributed by atoms with Crippen molar-refractivity contribution in [1.82, 2.24) is 5.32 Å². The average Bonchev–Trinajstić information content (AvgIpc) is 2.63. The topological polar surface area (TPSA) is 29.1 Å². The molecule has 1 amide bonds.